The minimum atomic E-state index is -0.0685. The molecule has 28 heavy (non-hydrogen) atoms. The molecule has 6 nitrogen and oxygen atoms in total. The van der Waals surface area contributed by atoms with Gasteiger partial charge in [0.15, 0.2) is 0 Å². The average Bonchev–Trinajstić information content (AvgIpc) is 2.66. The van der Waals surface area contributed by atoms with Crippen molar-refractivity contribution in [3.63, 3.8) is 0 Å². The van der Waals surface area contributed by atoms with E-state index in [-0.39, 0.29) is 24.1 Å². The zero-order valence-corrected chi connectivity index (χ0v) is 17.6. The van der Waals surface area contributed by atoms with E-state index in [0.29, 0.717) is 23.2 Å². The van der Waals surface area contributed by atoms with Gasteiger partial charge in [0.05, 0.1) is 0 Å². The van der Waals surface area contributed by atoms with Crippen LogP contribution in [0.25, 0.3) is 0 Å². The highest BCUT2D eigenvalue weighted by molar-refractivity contribution is 5.93. The van der Waals surface area contributed by atoms with Crippen LogP contribution in [-0.4, -0.2) is 47.0 Å². The predicted molar refractivity (Wildman–Crippen MR) is 114 cm³/mol. The maximum atomic E-state index is 12.7. The molecular formula is C22H34N4O2. The van der Waals surface area contributed by atoms with Crippen LogP contribution in [0.1, 0.15) is 53.4 Å². The van der Waals surface area contributed by atoms with Crippen molar-refractivity contribution in [3.8, 4) is 0 Å². The Kier molecular flexibility index (Phi) is 6.47. The van der Waals surface area contributed by atoms with Crippen LogP contribution in [0.5, 0.6) is 0 Å². The van der Waals surface area contributed by atoms with Crippen molar-refractivity contribution in [2.75, 3.05) is 23.7 Å². The summed E-state index contributed by atoms with van der Waals surface area (Å²) in [6, 6.07) is 7.73. The zero-order valence-electron chi connectivity index (χ0n) is 17.6. The van der Waals surface area contributed by atoms with Gasteiger partial charge in [-0.3, -0.25) is 0 Å². The number of hydrogen-bond acceptors (Lipinski definition) is 2. The van der Waals surface area contributed by atoms with Crippen molar-refractivity contribution in [2.24, 2.45) is 11.8 Å². The Balaban J connectivity index is 1.62. The summed E-state index contributed by atoms with van der Waals surface area (Å²) in [7, 11) is 0. The fourth-order valence-electron chi connectivity index (χ4n) is 4.31. The summed E-state index contributed by atoms with van der Waals surface area (Å²) in [6.07, 6.45) is 4.42. The second kappa shape index (κ2) is 8.84. The molecule has 4 atom stereocenters. The van der Waals surface area contributed by atoms with E-state index in [4.69, 9.17) is 0 Å². The lowest BCUT2D eigenvalue weighted by Gasteiger charge is -2.38. The van der Waals surface area contributed by atoms with Gasteiger partial charge in [-0.05, 0) is 69.6 Å². The Morgan fingerprint density at radius 2 is 1.25 bits per heavy atom. The quantitative estimate of drug-likeness (QED) is 0.752. The topological polar surface area (TPSA) is 64.7 Å². The molecule has 0 unspecified atom stereocenters. The third-order valence-electron chi connectivity index (χ3n) is 6.63. The van der Waals surface area contributed by atoms with E-state index in [1.54, 1.807) is 0 Å². The summed E-state index contributed by atoms with van der Waals surface area (Å²) in [5.41, 5.74) is 1.40. The number of carbonyl (C=O) groups is 2. The number of nitrogens with zero attached hydrogens (tertiary/aromatic N) is 2. The molecule has 1 aromatic carbocycles. The molecule has 2 aliphatic heterocycles. The first-order valence-corrected chi connectivity index (χ1v) is 10.6. The van der Waals surface area contributed by atoms with Gasteiger partial charge >= 0.3 is 12.1 Å². The summed E-state index contributed by atoms with van der Waals surface area (Å²) in [5.74, 6) is 1.03. The molecule has 0 aromatic heterocycles. The SMILES string of the molecule is C[C@@H]1CCCN(C(=O)Nc2cccc(NC(=O)N3CCC[C@H](C)[C@@H]3C)c2)[C@H]1C. The molecule has 0 spiro atoms. The molecule has 3 rings (SSSR count). The number of amides is 4. The van der Waals surface area contributed by atoms with Crippen molar-refractivity contribution in [1.82, 2.24) is 9.80 Å². The summed E-state index contributed by atoms with van der Waals surface area (Å²) in [4.78, 5) is 29.2. The molecule has 4 amide bonds. The molecule has 2 saturated heterocycles. The van der Waals surface area contributed by atoms with Crippen LogP contribution in [0.4, 0.5) is 21.0 Å². The predicted octanol–water partition coefficient (Wildman–Crippen LogP) is 4.99. The van der Waals surface area contributed by atoms with Gasteiger partial charge in [0.25, 0.3) is 0 Å². The van der Waals surface area contributed by atoms with Crippen LogP contribution in [0.2, 0.25) is 0 Å². The van der Waals surface area contributed by atoms with Crippen LogP contribution >= 0.6 is 0 Å². The second-order valence-corrected chi connectivity index (χ2v) is 8.55. The fraction of sp³-hybridized carbons (Fsp3) is 0.636. The number of anilines is 2. The molecule has 0 aliphatic carbocycles. The lowest BCUT2D eigenvalue weighted by Crippen LogP contribution is -2.48. The highest BCUT2D eigenvalue weighted by Gasteiger charge is 2.29. The molecule has 2 aliphatic rings. The third-order valence-corrected chi connectivity index (χ3v) is 6.63. The maximum Gasteiger partial charge on any atom is 0.322 e. The number of benzene rings is 1. The number of carbonyl (C=O) groups excluding carboxylic acids is 2. The van der Waals surface area contributed by atoms with E-state index >= 15 is 0 Å². The van der Waals surface area contributed by atoms with Crippen LogP contribution in [0, 0.1) is 11.8 Å². The molecule has 0 radical (unpaired) electrons. The number of piperidine rings is 2. The van der Waals surface area contributed by atoms with E-state index in [9.17, 15) is 9.59 Å². The number of urea groups is 2. The minimum absolute atomic E-state index is 0.0685. The summed E-state index contributed by atoms with van der Waals surface area (Å²) >= 11 is 0. The summed E-state index contributed by atoms with van der Waals surface area (Å²) in [6.45, 7) is 10.2. The molecule has 0 saturated carbocycles. The Morgan fingerprint density at radius 3 is 1.68 bits per heavy atom. The first kappa shape index (κ1) is 20.5. The van der Waals surface area contributed by atoms with Crippen LogP contribution in [0.15, 0.2) is 24.3 Å². The molecular weight excluding hydrogens is 352 g/mol. The van der Waals surface area contributed by atoms with E-state index in [1.807, 2.05) is 34.1 Å². The Bertz CT molecular complexity index is 652. The lowest BCUT2D eigenvalue weighted by molar-refractivity contribution is 0.138. The smallest absolute Gasteiger partial charge is 0.322 e. The number of likely N-dealkylation sites (tertiary alicyclic amines) is 2. The lowest BCUT2D eigenvalue weighted by atomic mass is 9.92. The van der Waals surface area contributed by atoms with Crippen molar-refractivity contribution < 1.29 is 9.59 Å². The Labute approximate surface area is 168 Å². The van der Waals surface area contributed by atoms with Gasteiger partial charge in [0.1, 0.15) is 0 Å². The second-order valence-electron chi connectivity index (χ2n) is 8.55. The fourth-order valence-corrected chi connectivity index (χ4v) is 4.31. The Morgan fingerprint density at radius 1 is 0.821 bits per heavy atom. The monoisotopic (exact) mass is 386 g/mol. The molecule has 154 valence electrons. The van der Waals surface area contributed by atoms with E-state index in [0.717, 1.165) is 25.9 Å². The largest absolute Gasteiger partial charge is 0.322 e. The van der Waals surface area contributed by atoms with E-state index in [2.05, 4.69) is 38.3 Å². The number of hydrogen-bond donors (Lipinski definition) is 2. The highest BCUT2D eigenvalue weighted by Crippen LogP contribution is 2.26. The third kappa shape index (κ3) is 4.59. The standard InChI is InChI=1S/C22H34N4O2/c1-15-8-6-12-25(17(15)3)21(27)23-19-10-5-11-20(14-19)24-22(28)26-13-7-9-16(2)18(26)4/h5,10-11,14-18H,6-9,12-13H2,1-4H3,(H,23,27)(H,24,28)/t15-,16+,17-,18-/m0/s1. The molecule has 0 bridgehead atoms. The van der Waals surface area contributed by atoms with Crippen molar-refractivity contribution in [3.05, 3.63) is 24.3 Å². The molecule has 2 N–H and O–H groups in total. The molecule has 2 heterocycles. The number of nitrogens with one attached hydrogen (secondary N) is 2. The number of rotatable bonds is 2. The highest BCUT2D eigenvalue weighted by atomic mass is 16.2. The van der Waals surface area contributed by atoms with E-state index in [1.165, 1.54) is 12.8 Å². The molecule has 2 fully saturated rings. The normalized spacial score (nSPS) is 28.0. The van der Waals surface area contributed by atoms with Gasteiger partial charge in [0, 0.05) is 36.5 Å². The van der Waals surface area contributed by atoms with Crippen molar-refractivity contribution in [2.45, 2.75) is 65.5 Å². The van der Waals surface area contributed by atoms with Gasteiger partial charge in [-0.1, -0.05) is 19.9 Å². The van der Waals surface area contributed by atoms with Gasteiger partial charge in [-0.2, -0.15) is 0 Å². The molecule has 6 heteroatoms. The van der Waals surface area contributed by atoms with Crippen molar-refractivity contribution in [1.29, 1.82) is 0 Å². The maximum absolute atomic E-state index is 12.7. The van der Waals surface area contributed by atoms with Gasteiger partial charge < -0.3 is 20.4 Å². The van der Waals surface area contributed by atoms with E-state index < -0.39 is 0 Å². The summed E-state index contributed by atoms with van der Waals surface area (Å²) < 4.78 is 0. The van der Waals surface area contributed by atoms with Gasteiger partial charge in [-0.25, -0.2) is 9.59 Å². The first-order chi connectivity index (χ1) is 13.4. The van der Waals surface area contributed by atoms with Crippen LogP contribution < -0.4 is 10.6 Å². The summed E-state index contributed by atoms with van der Waals surface area (Å²) in [5, 5.41) is 5.99. The average molecular weight is 387 g/mol. The van der Waals surface area contributed by atoms with Crippen molar-refractivity contribution >= 4 is 23.4 Å². The first-order valence-electron chi connectivity index (χ1n) is 10.6. The molecule has 1 aromatic rings. The zero-order chi connectivity index (χ0) is 20.3. The van der Waals surface area contributed by atoms with Gasteiger partial charge in [0.2, 0.25) is 0 Å². The minimum Gasteiger partial charge on any atom is -0.322 e. The van der Waals surface area contributed by atoms with Crippen LogP contribution in [-0.2, 0) is 0 Å². The van der Waals surface area contributed by atoms with Gasteiger partial charge in [-0.15, -0.1) is 0 Å². The van der Waals surface area contributed by atoms with Crippen LogP contribution in [0.3, 0.4) is 0 Å². The Hall–Kier alpha value is -2.24.